The standard InChI is InChI=1S/C16H25FO/c1-2-3-4-5-6-7-8-9-16(18)14-10-12-15(17)13-11-14/h10-13,16,18H,2-9H2,1H3. The predicted octanol–water partition coefficient (Wildman–Crippen LogP) is 5.00. The van der Waals surface area contributed by atoms with E-state index in [9.17, 15) is 9.50 Å². The van der Waals surface area contributed by atoms with Gasteiger partial charge in [-0.15, -0.1) is 0 Å². The van der Waals surface area contributed by atoms with Crippen LogP contribution in [0, 0.1) is 5.82 Å². The normalized spacial score (nSPS) is 12.6. The summed E-state index contributed by atoms with van der Waals surface area (Å²) in [5.41, 5.74) is 0.822. The summed E-state index contributed by atoms with van der Waals surface area (Å²) < 4.78 is 12.7. The first-order chi connectivity index (χ1) is 8.74. The van der Waals surface area contributed by atoms with E-state index < -0.39 is 6.10 Å². The number of hydrogen-bond donors (Lipinski definition) is 1. The number of unbranched alkanes of at least 4 members (excludes halogenated alkanes) is 6. The first-order valence-corrected chi connectivity index (χ1v) is 7.17. The second-order valence-corrected chi connectivity index (χ2v) is 4.98. The Morgan fingerprint density at radius 2 is 1.50 bits per heavy atom. The monoisotopic (exact) mass is 252 g/mol. The highest BCUT2D eigenvalue weighted by Gasteiger charge is 2.06. The molecule has 1 N–H and O–H groups in total. The van der Waals surface area contributed by atoms with Gasteiger partial charge in [0.25, 0.3) is 0 Å². The van der Waals surface area contributed by atoms with Gasteiger partial charge in [0.2, 0.25) is 0 Å². The molecule has 0 saturated heterocycles. The van der Waals surface area contributed by atoms with E-state index in [1.807, 2.05) is 0 Å². The third-order valence-electron chi connectivity index (χ3n) is 3.34. The van der Waals surface area contributed by atoms with Crippen LogP contribution in [0.1, 0.15) is 70.0 Å². The SMILES string of the molecule is CCCCCCCCCC(O)c1ccc(F)cc1. The molecule has 0 spiro atoms. The fraction of sp³-hybridized carbons (Fsp3) is 0.625. The zero-order valence-electron chi connectivity index (χ0n) is 11.4. The summed E-state index contributed by atoms with van der Waals surface area (Å²) in [6.45, 7) is 2.22. The molecule has 0 amide bonds. The van der Waals surface area contributed by atoms with Crippen LogP contribution in [0.3, 0.4) is 0 Å². The molecule has 0 radical (unpaired) electrons. The molecule has 1 nitrogen and oxygen atoms in total. The van der Waals surface area contributed by atoms with Crippen LogP contribution in [-0.2, 0) is 0 Å². The Bertz CT molecular complexity index is 307. The van der Waals surface area contributed by atoms with Gasteiger partial charge in [-0.05, 0) is 24.1 Å². The number of benzene rings is 1. The summed E-state index contributed by atoms with van der Waals surface area (Å²) in [5.74, 6) is -0.248. The van der Waals surface area contributed by atoms with Gasteiger partial charge >= 0.3 is 0 Å². The zero-order chi connectivity index (χ0) is 13.2. The molecular weight excluding hydrogens is 227 g/mol. The highest BCUT2D eigenvalue weighted by atomic mass is 19.1. The van der Waals surface area contributed by atoms with Gasteiger partial charge in [0.15, 0.2) is 0 Å². The van der Waals surface area contributed by atoms with Crippen molar-refractivity contribution in [1.29, 1.82) is 0 Å². The lowest BCUT2D eigenvalue weighted by atomic mass is 10.0. The predicted molar refractivity (Wildman–Crippen MR) is 74.0 cm³/mol. The minimum absolute atomic E-state index is 0.248. The van der Waals surface area contributed by atoms with Crippen molar-refractivity contribution in [3.8, 4) is 0 Å². The van der Waals surface area contributed by atoms with Crippen LogP contribution in [0.15, 0.2) is 24.3 Å². The van der Waals surface area contributed by atoms with E-state index >= 15 is 0 Å². The van der Waals surface area contributed by atoms with E-state index in [1.165, 1.54) is 50.7 Å². The lowest BCUT2D eigenvalue weighted by Crippen LogP contribution is -1.97. The molecule has 18 heavy (non-hydrogen) atoms. The molecule has 2 heteroatoms. The lowest BCUT2D eigenvalue weighted by Gasteiger charge is -2.10. The van der Waals surface area contributed by atoms with Crippen LogP contribution in [0.2, 0.25) is 0 Å². The largest absolute Gasteiger partial charge is 0.388 e. The molecule has 0 fully saturated rings. The van der Waals surface area contributed by atoms with Crippen molar-refractivity contribution in [3.63, 3.8) is 0 Å². The van der Waals surface area contributed by atoms with E-state index in [0.717, 1.165) is 18.4 Å². The topological polar surface area (TPSA) is 20.2 Å². The Morgan fingerprint density at radius 3 is 2.11 bits per heavy atom. The van der Waals surface area contributed by atoms with Gasteiger partial charge in [-0.3, -0.25) is 0 Å². The highest BCUT2D eigenvalue weighted by molar-refractivity contribution is 5.18. The first-order valence-electron chi connectivity index (χ1n) is 7.17. The molecule has 0 aliphatic rings. The van der Waals surface area contributed by atoms with Gasteiger partial charge < -0.3 is 5.11 Å². The Hall–Kier alpha value is -0.890. The van der Waals surface area contributed by atoms with Crippen molar-refractivity contribution in [1.82, 2.24) is 0 Å². The fourth-order valence-electron chi connectivity index (χ4n) is 2.15. The molecule has 102 valence electrons. The molecule has 0 aliphatic heterocycles. The third kappa shape index (κ3) is 6.15. The van der Waals surface area contributed by atoms with Gasteiger partial charge in [0, 0.05) is 0 Å². The number of aliphatic hydroxyl groups is 1. The summed E-state index contributed by atoms with van der Waals surface area (Å²) >= 11 is 0. The molecule has 1 rings (SSSR count). The van der Waals surface area contributed by atoms with Crippen LogP contribution in [0.5, 0.6) is 0 Å². The number of rotatable bonds is 9. The molecule has 1 atom stereocenters. The van der Waals surface area contributed by atoms with E-state index in [4.69, 9.17) is 0 Å². The van der Waals surface area contributed by atoms with Gasteiger partial charge in [0.1, 0.15) is 5.82 Å². The summed E-state index contributed by atoms with van der Waals surface area (Å²) in [7, 11) is 0. The van der Waals surface area contributed by atoms with Crippen molar-refractivity contribution < 1.29 is 9.50 Å². The van der Waals surface area contributed by atoms with Crippen molar-refractivity contribution in [2.75, 3.05) is 0 Å². The Balaban J connectivity index is 2.10. The zero-order valence-corrected chi connectivity index (χ0v) is 11.4. The van der Waals surface area contributed by atoms with E-state index in [-0.39, 0.29) is 5.82 Å². The van der Waals surface area contributed by atoms with Gasteiger partial charge in [-0.2, -0.15) is 0 Å². The van der Waals surface area contributed by atoms with Crippen LogP contribution in [0.4, 0.5) is 4.39 Å². The molecule has 1 aromatic carbocycles. The maximum atomic E-state index is 12.7. The summed E-state index contributed by atoms with van der Waals surface area (Å²) in [6.07, 6.45) is 9.07. The Morgan fingerprint density at radius 1 is 0.944 bits per heavy atom. The van der Waals surface area contributed by atoms with Crippen molar-refractivity contribution in [2.45, 2.75) is 64.4 Å². The van der Waals surface area contributed by atoms with Gasteiger partial charge in [-0.25, -0.2) is 4.39 Å². The number of hydrogen-bond acceptors (Lipinski definition) is 1. The molecule has 0 aliphatic carbocycles. The smallest absolute Gasteiger partial charge is 0.123 e. The summed E-state index contributed by atoms with van der Waals surface area (Å²) in [5, 5.41) is 9.93. The van der Waals surface area contributed by atoms with Crippen LogP contribution >= 0.6 is 0 Å². The molecule has 0 bridgehead atoms. The quantitative estimate of drug-likeness (QED) is 0.613. The fourth-order valence-corrected chi connectivity index (χ4v) is 2.15. The number of halogens is 1. The average molecular weight is 252 g/mol. The minimum atomic E-state index is -0.443. The molecule has 0 aromatic heterocycles. The Kier molecular flexibility index (Phi) is 7.66. The van der Waals surface area contributed by atoms with E-state index in [1.54, 1.807) is 12.1 Å². The summed E-state index contributed by atoms with van der Waals surface area (Å²) in [4.78, 5) is 0. The second-order valence-electron chi connectivity index (χ2n) is 4.98. The summed E-state index contributed by atoms with van der Waals surface area (Å²) in [6, 6.07) is 6.15. The van der Waals surface area contributed by atoms with Crippen molar-refractivity contribution in [3.05, 3.63) is 35.6 Å². The van der Waals surface area contributed by atoms with E-state index in [0.29, 0.717) is 0 Å². The third-order valence-corrected chi connectivity index (χ3v) is 3.34. The van der Waals surface area contributed by atoms with Gasteiger partial charge in [0.05, 0.1) is 6.10 Å². The Labute approximate surface area is 110 Å². The van der Waals surface area contributed by atoms with E-state index in [2.05, 4.69) is 6.92 Å². The highest BCUT2D eigenvalue weighted by Crippen LogP contribution is 2.20. The second kappa shape index (κ2) is 9.09. The molecule has 1 aromatic rings. The average Bonchev–Trinajstić information content (AvgIpc) is 2.38. The molecule has 0 heterocycles. The molecule has 0 saturated carbocycles. The van der Waals surface area contributed by atoms with Crippen molar-refractivity contribution >= 4 is 0 Å². The molecule has 1 unspecified atom stereocenters. The van der Waals surface area contributed by atoms with Crippen LogP contribution in [-0.4, -0.2) is 5.11 Å². The van der Waals surface area contributed by atoms with Crippen LogP contribution in [0.25, 0.3) is 0 Å². The minimum Gasteiger partial charge on any atom is -0.388 e. The number of aliphatic hydroxyl groups excluding tert-OH is 1. The van der Waals surface area contributed by atoms with Gasteiger partial charge in [-0.1, -0.05) is 64.0 Å². The lowest BCUT2D eigenvalue weighted by molar-refractivity contribution is 0.163. The van der Waals surface area contributed by atoms with Crippen LogP contribution < -0.4 is 0 Å². The first kappa shape index (κ1) is 15.2. The van der Waals surface area contributed by atoms with Crippen molar-refractivity contribution in [2.24, 2.45) is 0 Å². The maximum Gasteiger partial charge on any atom is 0.123 e. The molecular formula is C16H25FO. The maximum absolute atomic E-state index is 12.7.